The molecular weight excluding hydrogens is 192 g/mol. The molecule has 1 saturated heterocycles. The Hall–Kier alpha value is -1.39. The summed E-state index contributed by atoms with van der Waals surface area (Å²) in [7, 11) is 0. The molecule has 1 atom stereocenters. The molecule has 2 N–H and O–H groups in total. The van der Waals surface area contributed by atoms with Gasteiger partial charge in [0.2, 0.25) is 5.91 Å². The Bertz CT molecular complexity index is 340. The van der Waals surface area contributed by atoms with Gasteiger partial charge in [-0.3, -0.25) is 4.79 Å². The molecule has 1 aliphatic heterocycles. The molecule has 0 aliphatic carbocycles. The monoisotopic (exact) mass is 206 g/mol. The van der Waals surface area contributed by atoms with E-state index in [-0.39, 0.29) is 5.91 Å². The van der Waals surface area contributed by atoms with Crippen molar-refractivity contribution in [2.24, 2.45) is 0 Å². The maximum absolute atomic E-state index is 11.5. The highest BCUT2D eigenvalue weighted by Crippen LogP contribution is 2.17. The zero-order valence-corrected chi connectivity index (χ0v) is 8.39. The minimum atomic E-state index is -0.819. The molecule has 4 nitrogen and oxygen atoms in total. The van der Waals surface area contributed by atoms with Crippen LogP contribution in [0.2, 0.25) is 0 Å². The maximum atomic E-state index is 11.5. The lowest BCUT2D eigenvalue weighted by Gasteiger charge is -2.31. The van der Waals surface area contributed by atoms with Gasteiger partial charge >= 0.3 is 0 Å². The predicted octanol–water partition coefficient (Wildman–Crippen LogP) is 0.109. The minimum Gasteiger partial charge on any atom is -0.369 e. The van der Waals surface area contributed by atoms with Gasteiger partial charge in [-0.1, -0.05) is 30.3 Å². The van der Waals surface area contributed by atoms with Gasteiger partial charge in [-0.25, -0.2) is 0 Å². The van der Waals surface area contributed by atoms with E-state index in [4.69, 9.17) is 0 Å². The fourth-order valence-electron chi connectivity index (χ4n) is 1.68. The van der Waals surface area contributed by atoms with E-state index in [1.165, 1.54) is 4.90 Å². The number of hydrogen-bond donors (Lipinski definition) is 2. The number of rotatable bonds is 2. The van der Waals surface area contributed by atoms with Crippen LogP contribution in [0.1, 0.15) is 11.8 Å². The molecule has 2 rings (SSSR count). The van der Waals surface area contributed by atoms with Crippen LogP contribution < -0.4 is 5.32 Å². The fourth-order valence-corrected chi connectivity index (χ4v) is 1.68. The highest BCUT2D eigenvalue weighted by molar-refractivity contribution is 5.79. The van der Waals surface area contributed by atoms with Gasteiger partial charge in [-0.05, 0) is 0 Å². The molecule has 0 radical (unpaired) electrons. The van der Waals surface area contributed by atoms with Gasteiger partial charge in [0.25, 0.3) is 0 Å². The van der Waals surface area contributed by atoms with Crippen LogP contribution in [0.4, 0.5) is 0 Å². The van der Waals surface area contributed by atoms with Crippen molar-refractivity contribution < 1.29 is 9.90 Å². The van der Waals surface area contributed by atoms with Crippen LogP contribution in [0.5, 0.6) is 0 Å². The Morgan fingerprint density at radius 1 is 1.33 bits per heavy atom. The second-order valence-corrected chi connectivity index (χ2v) is 3.55. The third-order valence-electron chi connectivity index (χ3n) is 2.52. The molecule has 0 saturated carbocycles. The summed E-state index contributed by atoms with van der Waals surface area (Å²) in [6, 6.07) is 9.23. The smallest absolute Gasteiger partial charge is 0.238 e. The van der Waals surface area contributed by atoms with Crippen LogP contribution >= 0.6 is 0 Å². The largest absolute Gasteiger partial charge is 0.369 e. The molecule has 1 aliphatic rings. The standard InChI is InChI=1S/C11H14N2O2/c14-10-8-12-6-7-13(10)11(15)9-4-2-1-3-5-9/h1-5,11-12,15H,6-8H2. The SMILES string of the molecule is O=C1CNCCN1C(O)c1ccccc1. The van der Waals surface area contributed by atoms with Crippen molar-refractivity contribution in [3.63, 3.8) is 0 Å². The van der Waals surface area contributed by atoms with Crippen LogP contribution in [0, 0.1) is 0 Å². The molecule has 1 fully saturated rings. The summed E-state index contributed by atoms with van der Waals surface area (Å²) >= 11 is 0. The molecule has 0 spiro atoms. The molecule has 80 valence electrons. The first-order valence-electron chi connectivity index (χ1n) is 5.02. The summed E-state index contributed by atoms with van der Waals surface area (Å²) < 4.78 is 0. The van der Waals surface area contributed by atoms with Gasteiger partial charge in [0.1, 0.15) is 0 Å². The number of benzene rings is 1. The van der Waals surface area contributed by atoms with E-state index in [1.54, 1.807) is 0 Å². The van der Waals surface area contributed by atoms with Gasteiger partial charge in [-0.2, -0.15) is 0 Å². The quantitative estimate of drug-likeness (QED) is 0.722. The van der Waals surface area contributed by atoms with Gasteiger partial charge in [0.15, 0.2) is 6.23 Å². The summed E-state index contributed by atoms with van der Waals surface area (Å²) in [5.41, 5.74) is 0.757. The topological polar surface area (TPSA) is 52.6 Å². The molecule has 1 unspecified atom stereocenters. The minimum absolute atomic E-state index is 0.0578. The number of nitrogens with one attached hydrogen (secondary N) is 1. The maximum Gasteiger partial charge on any atom is 0.238 e. The van der Waals surface area contributed by atoms with Crippen molar-refractivity contribution in [1.29, 1.82) is 0 Å². The average molecular weight is 206 g/mol. The van der Waals surface area contributed by atoms with Crippen LogP contribution in [-0.2, 0) is 4.79 Å². The van der Waals surface area contributed by atoms with Crippen molar-refractivity contribution >= 4 is 5.91 Å². The second kappa shape index (κ2) is 4.42. The van der Waals surface area contributed by atoms with Gasteiger partial charge in [0, 0.05) is 18.7 Å². The molecule has 0 bridgehead atoms. The van der Waals surface area contributed by atoms with Crippen LogP contribution in [-0.4, -0.2) is 35.5 Å². The number of aliphatic hydroxyl groups excluding tert-OH is 1. The highest BCUT2D eigenvalue weighted by Gasteiger charge is 2.24. The lowest BCUT2D eigenvalue weighted by atomic mass is 10.1. The van der Waals surface area contributed by atoms with E-state index in [2.05, 4.69) is 5.32 Å². The van der Waals surface area contributed by atoms with E-state index in [0.717, 1.165) is 12.1 Å². The molecule has 1 aromatic carbocycles. The van der Waals surface area contributed by atoms with Gasteiger partial charge in [-0.15, -0.1) is 0 Å². The van der Waals surface area contributed by atoms with Crippen molar-refractivity contribution in [2.75, 3.05) is 19.6 Å². The zero-order chi connectivity index (χ0) is 10.7. The molecular formula is C11H14N2O2. The molecule has 1 aromatic rings. The Kier molecular flexibility index (Phi) is 2.99. The molecule has 1 amide bonds. The molecule has 0 aromatic heterocycles. The first kappa shape index (κ1) is 10.1. The molecule has 4 heteroatoms. The second-order valence-electron chi connectivity index (χ2n) is 3.55. The fraction of sp³-hybridized carbons (Fsp3) is 0.364. The van der Waals surface area contributed by atoms with Gasteiger partial charge in [0.05, 0.1) is 6.54 Å². The number of aliphatic hydroxyl groups is 1. The first-order valence-corrected chi connectivity index (χ1v) is 5.02. The number of hydrogen-bond acceptors (Lipinski definition) is 3. The third kappa shape index (κ3) is 2.16. The Morgan fingerprint density at radius 2 is 2.07 bits per heavy atom. The van der Waals surface area contributed by atoms with E-state index in [9.17, 15) is 9.90 Å². The molecule has 15 heavy (non-hydrogen) atoms. The summed E-state index contributed by atoms with van der Waals surface area (Å²) in [4.78, 5) is 13.0. The summed E-state index contributed by atoms with van der Waals surface area (Å²) in [6.07, 6.45) is -0.819. The lowest BCUT2D eigenvalue weighted by Crippen LogP contribution is -2.49. The Labute approximate surface area is 88.5 Å². The summed E-state index contributed by atoms with van der Waals surface area (Å²) in [5.74, 6) is -0.0578. The zero-order valence-electron chi connectivity index (χ0n) is 8.39. The highest BCUT2D eigenvalue weighted by atomic mass is 16.3. The first-order chi connectivity index (χ1) is 7.29. The molecule has 1 heterocycles. The van der Waals surface area contributed by atoms with Gasteiger partial charge < -0.3 is 15.3 Å². The van der Waals surface area contributed by atoms with Crippen molar-refractivity contribution in [1.82, 2.24) is 10.2 Å². The lowest BCUT2D eigenvalue weighted by molar-refractivity contribution is -0.143. The number of carbonyl (C=O) groups excluding carboxylic acids is 1. The van der Waals surface area contributed by atoms with E-state index < -0.39 is 6.23 Å². The number of nitrogens with zero attached hydrogens (tertiary/aromatic N) is 1. The predicted molar refractivity (Wildman–Crippen MR) is 56.0 cm³/mol. The third-order valence-corrected chi connectivity index (χ3v) is 2.52. The Balaban J connectivity index is 2.13. The Morgan fingerprint density at radius 3 is 2.73 bits per heavy atom. The van der Waals surface area contributed by atoms with Crippen LogP contribution in [0.15, 0.2) is 30.3 Å². The van der Waals surface area contributed by atoms with Crippen molar-refractivity contribution in [3.8, 4) is 0 Å². The number of piperazine rings is 1. The number of amides is 1. The summed E-state index contributed by atoms with van der Waals surface area (Å²) in [5, 5.41) is 13.0. The average Bonchev–Trinajstić information content (AvgIpc) is 2.30. The van der Waals surface area contributed by atoms with E-state index >= 15 is 0 Å². The van der Waals surface area contributed by atoms with Crippen molar-refractivity contribution in [3.05, 3.63) is 35.9 Å². The van der Waals surface area contributed by atoms with Crippen molar-refractivity contribution in [2.45, 2.75) is 6.23 Å². The van der Waals surface area contributed by atoms with Crippen LogP contribution in [0.3, 0.4) is 0 Å². The normalized spacial score (nSPS) is 19.0. The van der Waals surface area contributed by atoms with Crippen LogP contribution in [0.25, 0.3) is 0 Å². The summed E-state index contributed by atoms with van der Waals surface area (Å²) in [6.45, 7) is 1.59. The number of carbonyl (C=O) groups is 1. The van der Waals surface area contributed by atoms with E-state index in [0.29, 0.717) is 13.1 Å². The van der Waals surface area contributed by atoms with E-state index in [1.807, 2.05) is 30.3 Å².